The van der Waals surface area contributed by atoms with E-state index in [1.165, 1.54) is 22.3 Å². The molecule has 0 bridgehead atoms. The fourth-order valence-electron chi connectivity index (χ4n) is 3.37. The van der Waals surface area contributed by atoms with Gasteiger partial charge in [-0.3, -0.25) is 0 Å². The Bertz CT molecular complexity index is 686. The van der Waals surface area contributed by atoms with E-state index in [1.54, 1.807) is 0 Å². The Morgan fingerprint density at radius 3 is 2.86 bits per heavy atom. The fraction of sp³-hybridized carbons (Fsp3) is 0.333. The number of rotatable bonds is 3. The van der Waals surface area contributed by atoms with E-state index < -0.39 is 0 Å². The SMILES string of the molecule is Cc1cccc(CC2CCc3ccccc3C2N=[N+]=[N-])c1. The number of aryl methyl sites for hydroxylation is 2. The zero-order valence-corrected chi connectivity index (χ0v) is 12.2. The lowest BCUT2D eigenvalue weighted by molar-refractivity contribution is 0.376. The van der Waals surface area contributed by atoms with Crippen LogP contribution in [0.2, 0.25) is 0 Å². The monoisotopic (exact) mass is 277 g/mol. The molecule has 0 fully saturated rings. The van der Waals surface area contributed by atoms with Crippen molar-refractivity contribution in [3.63, 3.8) is 0 Å². The van der Waals surface area contributed by atoms with Gasteiger partial charge >= 0.3 is 0 Å². The van der Waals surface area contributed by atoms with Gasteiger partial charge in [-0.05, 0) is 54.3 Å². The van der Waals surface area contributed by atoms with Gasteiger partial charge in [-0.25, -0.2) is 0 Å². The number of azide groups is 1. The van der Waals surface area contributed by atoms with Crippen molar-refractivity contribution in [2.75, 3.05) is 0 Å². The Morgan fingerprint density at radius 2 is 2.05 bits per heavy atom. The molecule has 21 heavy (non-hydrogen) atoms. The van der Waals surface area contributed by atoms with Crippen LogP contribution in [0.5, 0.6) is 0 Å². The van der Waals surface area contributed by atoms with Crippen LogP contribution in [0.25, 0.3) is 10.4 Å². The Morgan fingerprint density at radius 1 is 1.19 bits per heavy atom. The minimum atomic E-state index is -0.0412. The van der Waals surface area contributed by atoms with E-state index in [0.29, 0.717) is 5.92 Å². The van der Waals surface area contributed by atoms with Crippen LogP contribution >= 0.6 is 0 Å². The lowest BCUT2D eigenvalue weighted by Gasteiger charge is -2.31. The predicted octanol–water partition coefficient (Wildman–Crippen LogP) is 5.15. The van der Waals surface area contributed by atoms with Gasteiger partial charge in [-0.15, -0.1) is 0 Å². The van der Waals surface area contributed by atoms with Gasteiger partial charge in [0.25, 0.3) is 0 Å². The van der Waals surface area contributed by atoms with Crippen molar-refractivity contribution in [3.8, 4) is 0 Å². The maximum absolute atomic E-state index is 8.93. The lowest BCUT2D eigenvalue weighted by Crippen LogP contribution is -2.21. The number of fused-ring (bicyclic) bond motifs is 1. The third-order valence-electron chi connectivity index (χ3n) is 4.36. The highest BCUT2D eigenvalue weighted by molar-refractivity contribution is 5.34. The summed E-state index contributed by atoms with van der Waals surface area (Å²) in [4.78, 5) is 3.09. The van der Waals surface area contributed by atoms with Gasteiger partial charge in [0.1, 0.15) is 0 Å². The molecule has 0 N–H and O–H groups in total. The van der Waals surface area contributed by atoms with Crippen molar-refractivity contribution in [3.05, 3.63) is 81.2 Å². The fourth-order valence-corrected chi connectivity index (χ4v) is 3.37. The lowest BCUT2D eigenvalue weighted by atomic mass is 9.77. The highest BCUT2D eigenvalue weighted by atomic mass is 15.2. The van der Waals surface area contributed by atoms with E-state index in [4.69, 9.17) is 5.53 Å². The Hall–Kier alpha value is -2.25. The molecular formula is C18H19N3. The van der Waals surface area contributed by atoms with E-state index >= 15 is 0 Å². The summed E-state index contributed by atoms with van der Waals surface area (Å²) < 4.78 is 0. The van der Waals surface area contributed by atoms with Crippen molar-refractivity contribution in [1.29, 1.82) is 0 Å². The normalized spacial score (nSPS) is 20.4. The van der Waals surface area contributed by atoms with E-state index in [2.05, 4.69) is 59.4 Å². The average Bonchev–Trinajstić information content (AvgIpc) is 2.50. The number of benzene rings is 2. The third kappa shape index (κ3) is 2.93. The minimum absolute atomic E-state index is 0.0412. The van der Waals surface area contributed by atoms with Gasteiger partial charge in [0.05, 0.1) is 6.04 Å². The Labute approximate surface area is 125 Å². The van der Waals surface area contributed by atoms with Crippen LogP contribution in [0.1, 0.15) is 34.7 Å². The van der Waals surface area contributed by atoms with Gasteiger partial charge in [0.2, 0.25) is 0 Å². The molecule has 2 aromatic rings. The minimum Gasteiger partial charge on any atom is -0.0856 e. The maximum Gasteiger partial charge on any atom is 0.0659 e. The van der Waals surface area contributed by atoms with Crippen LogP contribution in [0.3, 0.4) is 0 Å². The van der Waals surface area contributed by atoms with Crippen molar-refractivity contribution in [2.45, 2.75) is 32.2 Å². The smallest absolute Gasteiger partial charge is 0.0659 e. The summed E-state index contributed by atoms with van der Waals surface area (Å²) >= 11 is 0. The number of hydrogen-bond acceptors (Lipinski definition) is 1. The summed E-state index contributed by atoms with van der Waals surface area (Å²) in [7, 11) is 0. The quantitative estimate of drug-likeness (QED) is 0.423. The third-order valence-corrected chi connectivity index (χ3v) is 4.36. The number of hydrogen-bond donors (Lipinski definition) is 0. The Kier molecular flexibility index (Phi) is 3.94. The van der Waals surface area contributed by atoms with Crippen molar-refractivity contribution < 1.29 is 0 Å². The van der Waals surface area contributed by atoms with Crippen molar-refractivity contribution in [2.24, 2.45) is 11.0 Å². The largest absolute Gasteiger partial charge is 0.0856 e. The average molecular weight is 277 g/mol. The predicted molar refractivity (Wildman–Crippen MR) is 85.0 cm³/mol. The highest BCUT2D eigenvalue weighted by Crippen LogP contribution is 2.39. The van der Waals surface area contributed by atoms with Crippen LogP contribution in [-0.4, -0.2) is 0 Å². The van der Waals surface area contributed by atoms with Crippen molar-refractivity contribution >= 4 is 0 Å². The molecule has 3 rings (SSSR count). The first-order valence-electron chi connectivity index (χ1n) is 7.45. The summed E-state index contributed by atoms with van der Waals surface area (Å²) in [5, 5.41) is 4.11. The summed E-state index contributed by atoms with van der Waals surface area (Å²) in [6.07, 6.45) is 3.12. The van der Waals surface area contributed by atoms with Crippen molar-refractivity contribution in [1.82, 2.24) is 0 Å². The zero-order valence-electron chi connectivity index (χ0n) is 12.2. The van der Waals surface area contributed by atoms with Crippen LogP contribution in [0.4, 0.5) is 0 Å². The molecule has 0 aromatic heterocycles. The van der Waals surface area contributed by atoms with E-state index in [1.807, 2.05) is 6.07 Å². The molecule has 1 aliphatic rings. The molecule has 0 aliphatic heterocycles. The zero-order chi connectivity index (χ0) is 14.7. The summed E-state index contributed by atoms with van der Waals surface area (Å²) in [5.41, 5.74) is 14.1. The first kappa shape index (κ1) is 13.7. The van der Waals surface area contributed by atoms with Gasteiger partial charge in [-0.1, -0.05) is 59.2 Å². The molecule has 1 aliphatic carbocycles. The molecule has 0 radical (unpaired) electrons. The van der Waals surface area contributed by atoms with Gasteiger partial charge in [0, 0.05) is 4.91 Å². The summed E-state index contributed by atoms with van der Waals surface area (Å²) in [6, 6.07) is 16.9. The molecule has 2 atom stereocenters. The van der Waals surface area contributed by atoms with E-state index in [-0.39, 0.29) is 6.04 Å². The second-order valence-corrected chi connectivity index (χ2v) is 5.84. The maximum atomic E-state index is 8.93. The van der Waals surface area contributed by atoms with Gasteiger partial charge in [0.15, 0.2) is 0 Å². The van der Waals surface area contributed by atoms with Crippen LogP contribution < -0.4 is 0 Å². The van der Waals surface area contributed by atoms with Crippen LogP contribution in [-0.2, 0) is 12.8 Å². The molecule has 0 saturated heterocycles. The van der Waals surface area contributed by atoms with E-state index in [9.17, 15) is 0 Å². The van der Waals surface area contributed by atoms with Crippen LogP contribution in [0.15, 0.2) is 53.6 Å². The molecule has 0 amide bonds. The first-order chi connectivity index (χ1) is 10.3. The second-order valence-electron chi connectivity index (χ2n) is 5.84. The molecular weight excluding hydrogens is 258 g/mol. The molecule has 2 unspecified atom stereocenters. The molecule has 0 saturated carbocycles. The topological polar surface area (TPSA) is 48.8 Å². The number of nitrogens with zero attached hydrogens (tertiary/aromatic N) is 3. The summed E-state index contributed by atoms with van der Waals surface area (Å²) in [5.74, 6) is 0.387. The first-order valence-corrected chi connectivity index (χ1v) is 7.45. The summed E-state index contributed by atoms with van der Waals surface area (Å²) in [6.45, 7) is 2.12. The van der Waals surface area contributed by atoms with Gasteiger partial charge < -0.3 is 0 Å². The molecule has 106 valence electrons. The molecule has 3 heteroatoms. The Balaban J connectivity index is 1.90. The molecule has 0 spiro atoms. The molecule has 0 heterocycles. The van der Waals surface area contributed by atoms with Gasteiger partial charge in [-0.2, -0.15) is 0 Å². The highest BCUT2D eigenvalue weighted by Gasteiger charge is 2.28. The van der Waals surface area contributed by atoms with E-state index in [0.717, 1.165) is 19.3 Å². The standard InChI is InChI=1S/C18H19N3/c1-13-5-4-6-14(11-13)12-16-10-9-15-7-2-3-8-17(15)18(16)20-21-19/h2-8,11,16,18H,9-10,12H2,1H3. The second kappa shape index (κ2) is 6.02. The molecule has 3 nitrogen and oxygen atoms in total. The molecule has 2 aromatic carbocycles. The van der Waals surface area contributed by atoms with Crippen LogP contribution in [0, 0.1) is 12.8 Å².